The van der Waals surface area contributed by atoms with Crippen molar-refractivity contribution in [3.63, 3.8) is 0 Å². The molecule has 1 N–H and O–H groups in total. The number of benzene rings is 3. The third kappa shape index (κ3) is 6.66. The molecule has 0 aliphatic carbocycles. The van der Waals surface area contributed by atoms with Crippen LogP contribution in [-0.2, 0) is 28.7 Å². The van der Waals surface area contributed by atoms with Gasteiger partial charge in [0.15, 0.2) is 0 Å². The van der Waals surface area contributed by atoms with Crippen LogP contribution < -0.4 is 5.32 Å². The van der Waals surface area contributed by atoms with Crippen molar-refractivity contribution in [3.8, 4) is 0 Å². The summed E-state index contributed by atoms with van der Waals surface area (Å²) >= 11 is -3.25. The van der Waals surface area contributed by atoms with Gasteiger partial charge in [-0.3, -0.25) is 0 Å². The number of methoxy groups -OCH3 is 1. The molecule has 0 spiro atoms. The molecule has 0 fully saturated rings. The van der Waals surface area contributed by atoms with Crippen LogP contribution in [0.1, 0.15) is 18.1 Å². The minimum atomic E-state index is -4.11. The summed E-state index contributed by atoms with van der Waals surface area (Å²) in [4.78, 5) is 12.9. The average Bonchev–Trinajstić information content (AvgIpc) is 2.83. The van der Waals surface area contributed by atoms with E-state index < -0.39 is 36.3 Å². The van der Waals surface area contributed by atoms with Gasteiger partial charge in [0.2, 0.25) is 0 Å². The third-order valence-electron chi connectivity index (χ3n) is 4.65. The van der Waals surface area contributed by atoms with Crippen molar-refractivity contribution >= 4 is 36.3 Å². The normalized spacial score (nSPS) is 12.5. The van der Waals surface area contributed by atoms with Crippen LogP contribution >= 0.6 is 20.2 Å². The van der Waals surface area contributed by atoms with Gasteiger partial charge in [0.05, 0.1) is 0 Å². The van der Waals surface area contributed by atoms with Gasteiger partial charge in [-0.05, 0) is 0 Å². The van der Waals surface area contributed by atoms with Crippen molar-refractivity contribution in [2.24, 2.45) is 0 Å². The van der Waals surface area contributed by atoms with Crippen molar-refractivity contribution < 1.29 is 20.5 Å². The Kier molecular flexibility index (Phi) is 8.65. The fourth-order valence-corrected chi connectivity index (χ4v) is 10.2. The zero-order valence-electron chi connectivity index (χ0n) is 18.6. The van der Waals surface area contributed by atoms with E-state index in [1.807, 2.05) is 43.3 Å². The SMILES string of the molecule is COC(=O)/C(=C(/C)NCc1ccccc1)I(OS(=O)(=O)c1ccc(C)cc1)c1ccccc1. The number of hydrogen-bond acceptors (Lipinski definition) is 6. The Morgan fingerprint density at radius 2 is 1.48 bits per heavy atom. The van der Waals surface area contributed by atoms with Gasteiger partial charge in [-0.15, -0.1) is 0 Å². The second kappa shape index (κ2) is 11.4. The molecule has 0 aromatic heterocycles. The van der Waals surface area contributed by atoms with Gasteiger partial charge in [-0.25, -0.2) is 0 Å². The van der Waals surface area contributed by atoms with Crippen molar-refractivity contribution in [2.75, 3.05) is 7.11 Å². The molecule has 0 atom stereocenters. The minimum absolute atomic E-state index is 0.0467. The molecule has 0 radical (unpaired) electrons. The molecule has 0 saturated carbocycles. The molecule has 6 nitrogen and oxygen atoms in total. The standard InChI is InChI=1S/C25H26INO5S/c1-19-14-16-23(17-15-19)33(29,30)32-26(22-12-8-5-9-13-22)24(25(28)31-3)20(2)27-18-21-10-6-4-7-11-21/h4-17,27H,18H2,1-3H3/b24-20+. The van der Waals surface area contributed by atoms with Crippen LogP contribution in [-0.4, -0.2) is 21.5 Å². The number of allylic oxidation sites excluding steroid dienone is 1. The van der Waals surface area contributed by atoms with Gasteiger partial charge in [-0.1, -0.05) is 0 Å². The molecule has 0 heterocycles. The summed E-state index contributed by atoms with van der Waals surface area (Å²) in [5.74, 6) is -0.610. The Balaban J connectivity index is 2.03. The first-order valence-electron chi connectivity index (χ1n) is 10.2. The van der Waals surface area contributed by atoms with E-state index in [0.29, 0.717) is 15.8 Å². The van der Waals surface area contributed by atoms with Crippen LogP contribution in [0.3, 0.4) is 0 Å². The Labute approximate surface area is 202 Å². The first-order valence-corrected chi connectivity index (χ1v) is 14.6. The molecule has 0 unspecified atom stereocenters. The first kappa shape index (κ1) is 24.9. The number of nitrogens with one attached hydrogen (secondary N) is 1. The summed E-state index contributed by atoms with van der Waals surface area (Å²) in [6.07, 6.45) is 0. The Morgan fingerprint density at radius 1 is 0.909 bits per heavy atom. The van der Waals surface area contributed by atoms with E-state index in [1.165, 1.54) is 19.2 Å². The maximum absolute atomic E-state index is 13.2. The maximum atomic E-state index is 13.2. The van der Waals surface area contributed by atoms with Crippen LogP contribution in [0.25, 0.3) is 0 Å². The van der Waals surface area contributed by atoms with Crippen LogP contribution in [0.2, 0.25) is 0 Å². The number of aryl methyl sites for hydroxylation is 1. The average molecular weight is 579 g/mol. The zero-order chi connectivity index (χ0) is 23.8. The first-order chi connectivity index (χ1) is 15.8. The van der Waals surface area contributed by atoms with Gasteiger partial charge in [0.25, 0.3) is 0 Å². The summed E-state index contributed by atoms with van der Waals surface area (Å²) in [6, 6.07) is 25.1. The molecule has 0 amide bonds. The summed E-state index contributed by atoms with van der Waals surface area (Å²) in [6.45, 7) is 4.08. The van der Waals surface area contributed by atoms with Crippen molar-refractivity contribution in [2.45, 2.75) is 25.3 Å². The molecule has 3 aromatic carbocycles. The number of carbonyl (C=O) groups excluding carboxylic acids is 1. The van der Waals surface area contributed by atoms with Gasteiger partial charge >= 0.3 is 203 Å². The van der Waals surface area contributed by atoms with Crippen molar-refractivity contribution in [3.05, 3.63) is 109 Å². The van der Waals surface area contributed by atoms with E-state index in [1.54, 1.807) is 43.3 Å². The molecular weight excluding hydrogens is 553 g/mol. The van der Waals surface area contributed by atoms with Crippen molar-refractivity contribution in [1.82, 2.24) is 5.32 Å². The zero-order valence-corrected chi connectivity index (χ0v) is 21.6. The van der Waals surface area contributed by atoms with Crippen molar-refractivity contribution in [1.29, 1.82) is 0 Å². The summed E-state index contributed by atoms with van der Waals surface area (Å²) in [7, 11) is -2.83. The monoisotopic (exact) mass is 579 g/mol. The van der Waals surface area contributed by atoms with Crippen LogP contribution in [0.15, 0.2) is 99.1 Å². The number of esters is 1. The second-order valence-corrected chi connectivity index (χ2v) is 13.5. The predicted molar refractivity (Wildman–Crippen MR) is 137 cm³/mol. The van der Waals surface area contributed by atoms with E-state index in [-0.39, 0.29) is 8.48 Å². The summed E-state index contributed by atoms with van der Waals surface area (Å²) in [5, 5.41) is 3.24. The second-order valence-electron chi connectivity index (χ2n) is 7.14. The fraction of sp³-hybridized carbons (Fsp3) is 0.160. The van der Waals surface area contributed by atoms with Gasteiger partial charge < -0.3 is 0 Å². The van der Waals surface area contributed by atoms with E-state index in [4.69, 9.17) is 7.25 Å². The van der Waals surface area contributed by atoms with Crippen LogP contribution in [0, 0.1) is 10.5 Å². The van der Waals surface area contributed by atoms with Gasteiger partial charge in [0.1, 0.15) is 0 Å². The summed E-state index contributed by atoms with van der Waals surface area (Å²) < 4.78 is 38.1. The summed E-state index contributed by atoms with van der Waals surface area (Å²) in [5.41, 5.74) is 2.48. The number of ether oxygens (including phenoxy) is 1. The van der Waals surface area contributed by atoms with E-state index in [0.717, 1.165) is 11.1 Å². The molecule has 3 rings (SSSR count). The van der Waals surface area contributed by atoms with Gasteiger partial charge in [0, 0.05) is 0 Å². The number of carbonyl (C=O) groups is 1. The molecule has 0 aliphatic rings. The fourth-order valence-electron chi connectivity index (χ4n) is 2.88. The Morgan fingerprint density at radius 3 is 2.06 bits per heavy atom. The predicted octanol–water partition coefficient (Wildman–Crippen LogP) is 5.19. The Bertz CT molecular complexity index is 1210. The molecule has 33 heavy (non-hydrogen) atoms. The topological polar surface area (TPSA) is 81.7 Å². The molecule has 3 aromatic rings. The number of hydrogen-bond donors (Lipinski definition) is 1. The quantitative estimate of drug-likeness (QED) is 0.214. The van der Waals surface area contributed by atoms with E-state index in [9.17, 15) is 13.2 Å². The van der Waals surface area contributed by atoms with Crippen LogP contribution in [0.4, 0.5) is 0 Å². The molecule has 0 saturated heterocycles. The number of rotatable bonds is 9. The van der Waals surface area contributed by atoms with E-state index in [2.05, 4.69) is 5.32 Å². The number of halogens is 1. The molecule has 0 bridgehead atoms. The third-order valence-corrected chi connectivity index (χ3v) is 12.4. The molecule has 0 aliphatic heterocycles. The van der Waals surface area contributed by atoms with Crippen LogP contribution in [0.5, 0.6) is 0 Å². The molecular formula is C25H26INO5S. The molecule has 8 heteroatoms. The molecule has 174 valence electrons. The van der Waals surface area contributed by atoms with E-state index >= 15 is 0 Å². The van der Waals surface area contributed by atoms with Gasteiger partial charge in [-0.2, -0.15) is 0 Å². The Hall–Kier alpha value is -2.69.